The molecule has 0 N–H and O–H groups in total. The van der Waals surface area contributed by atoms with Gasteiger partial charge in [-0.2, -0.15) is 0 Å². The number of esters is 2. The molecule has 0 rings (SSSR count). The molecule has 0 aliphatic rings. The second kappa shape index (κ2) is 23.6. The predicted molar refractivity (Wildman–Crippen MR) is 130 cm³/mol. The summed E-state index contributed by atoms with van der Waals surface area (Å²) in [6, 6.07) is 0. The lowest BCUT2D eigenvalue weighted by Gasteiger charge is -2.11. The molecule has 4 heteroatoms. The van der Waals surface area contributed by atoms with E-state index in [1.807, 2.05) is 0 Å². The van der Waals surface area contributed by atoms with Crippen molar-refractivity contribution in [2.45, 2.75) is 143 Å². The summed E-state index contributed by atoms with van der Waals surface area (Å²) in [5, 5.41) is 0. The number of unbranched alkanes of at least 4 members (excludes halogenated alkanes) is 12. The highest BCUT2D eigenvalue weighted by atomic mass is 16.5. The Morgan fingerprint density at radius 1 is 0.548 bits per heavy atom. The van der Waals surface area contributed by atoms with Gasteiger partial charge in [0, 0.05) is 12.8 Å². The average Bonchev–Trinajstić information content (AvgIpc) is 2.76. The van der Waals surface area contributed by atoms with Crippen LogP contribution in [0.1, 0.15) is 143 Å². The molecular formula is C27H52O4. The Morgan fingerprint density at radius 2 is 1.00 bits per heavy atom. The molecule has 184 valence electrons. The van der Waals surface area contributed by atoms with Crippen LogP contribution in [0.5, 0.6) is 0 Å². The number of carbonyl (C=O) groups excluding carboxylic acids is 2. The topological polar surface area (TPSA) is 52.6 Å². The molecule has 31 heavy (non-hydrogen) atoms. The van der Waals surface area contributed by atoms with Crippen LogP contribution >= 0.6 is 0 Å². The van der Waals surface area contributed by atoms with Crippen LogP contribution in [0.4, 0.5) is 0 Å². The molecule has 0 saturated carbocycles. The fourth-order valence-electron chi connectivity index (χ4n) is 3.73. The van der Waals surface area contributed by atoms with Gasteiger partial charge in [-0.3, -0.25) is 9.59 Å². The summed E-state index contributed by atoms with van der Waals surface area (Å²) in [6.07, 6.45) is 20.8. The highest BCUT2D eigenvalue weighted by Crippen LogP contribution is 2.17. The molecule has 0 radical (unpaired) electrons. The second-order valence-corrected chi connectivity index (χ2v) is 9.22. The van der Waals surface area contributed by atoms with Gasteiger partial charge < -0.3 is 9.47 Å². The monoisotopic (exact) mass is 440 g/mol. The standard InChI is InChI=1S/C27H52O4/c1-4-6-8-17-23-30-26(28)20-16-14-12-10-11-13-15-19-25(3)21-22-27(29)31-24-18-9-7-5-2/h25H,4-24H2,1-3H3. The second-order valence-electron chi connectivity index (χ2n) is 9.22. The van der Waals surface area contributed by atoms with Crippen molar-refractivity contribution < 1.29 is 19.1 Å². The summed E-state index contributed by atoms with van der Waals surface area (Å²) >= 11 is 0. The van der Waals surface area contributed by atoms with E-state index in [0.717, 1.165) is 44.9 Å². The highest BCUT2D eigenvalue weighted by Gasteiger charge is 2.08. The van der Waals surface area contributed by atoms with Gasteiger partial charge in [0.25, 0.3) is 0 Å². The molecule has 1 unspecified atom stereocenters. The van der Waals surface area contributed by atoms with Gasteiger partial charge in [-0.25, -0.2) is 0 Å². The zero-order valence-corrected chi connectivity index (χ0v) is 21.1. The van der Waals surface area contributed by atoms with Crippen molar-refractivity contribution in [3.63, 3.8) is 0 Å². The van der Waals surface area contributed by atoms with E-state index in [4.69, 9.17) is 9.47 Å². The summed E-state index contributed by atoms with van der Waals surface area (Å²) in [4.78, 5) is 23.4. The highest BCUT2D eigenvalue weighted by molar-refractivity contribution is 5.69. The minimum absolute atomic E-state index is 0.0224. The molecule has 0 aromatic rings. The average molecular weight is 441 g/mol. The number of hydrogen-bond acceptors (Lipinski definition) is 4. The largest absolute Gasteiger partial charge is 0.466 e. The van der Waals surface area contributed by atoms with E-state index in [9.17, 15) is 9.59 Å². The first kappa shape index (κ1) is 29.9. The summed E-state index contributed by atoms with van der Waals surface area (Å²) in [5.41, 5.74) is 0. The lowest BCUT2D eigenvalue weighted by molar-refractivity contribution is -0.144. The molecule has 0 aliphatic carbocycles. The first-order valence-corrected chi connectivity index (χ1v) is 13.4. The SMILES string of the molecule is CCCCCCOC(=O)CCCCCCCCCC(C)CCC(=O)OCCCCCC. The van der Waals surface area contributed by atoms with Crippen molar-refractivity contribution in [3.8, 4) is 0 Å². The van der Waals surface area contributed by atoms with Gasteiger partial charge >= 0.3 is 11.9 Å². The third-order valence-corrected chi connectivity index (χ3v) is 5.94. The number of rotatable bonds is 23. The van der Waals surface area contributed by atoms with Crippen molar-refractivity contribution in [2.75, 3.05) is 13.2 Å². The maximum atomic E-state index is 11.8. The van der Waals surface area contributed by atoms with E-state index in [-0.39, 0.29) is 11.9 Å². The van der Waals surface area contributed by atoms with Crippen LogP contribution < -0.4 is 0 Å². The fourth-order valence-corrected chi connectivity index (χ4v) is 3.73. The molecule has 0 fully saturated rings. The fraction of sp³-hybridized carbons (Fsp3) is 0.926. The first-order valence-electron chi connectivity index (χ1n) is 13.4. The van der Waals surface area contributed by atoms with Crippen molar-refractivity contribution >= 4 is 11.9 Å². The zero-order valence-electron chi connectivity index (χ0n) is 21.1. The third kappa shape index (κ3) is 23.4. The van der Waals surface area contributed by atoms with Crippen molar-refractivity contribution in [3.05, 3.63) is 0 Å². The maximum Gasteiger partial charge on any atom is 0.305 e. The van der Waals surface area contributed by atoms with Gasteiger partial charge in [-0.15, -0.1) is 0 Å². The minimum Gasteiger partial charge on any atom is -0.466 e. The van der Waals surface area contributed by atoms with Crippen LogP contribution in [0.25, 0.3) is 0 Å². The normalized spacial score (nSPS) is 12.0. The van der Waals surface area contributed by atoms with E-state index in [1.54, 1.807) is 0 Å². The molecule has 4 nitrogen and oxygen atoms in total. The molecule has 0 spiro atoms. The molecule has 0 bridgehead atoms. The Balaban J connectivity index is 3.35. The maximum absolute atomic E-state index is 11.8. The van der Waals surface area contributed by atoms with Crippen LogP contribution in [-0.4, -0.2) is 25.2 Å². The lowest BCUT2D eigenvalue weighted by Crippen LogP contribution is -2.08. The Kier molecular flexibility index (Phi) is 22.8. The van der Waals surface area contributed by atoms with E-state index in [0.29, 0.717) is 32.0 Å². The van der Waals surface area contributed by atoms with Crippen molar-refractivity contribution in [2.24, 2.45) is 5.92 Å². The van der Waals surface area contributed by atoms with Crippen LogP contribution in [-0.2, 0) is 19.1 Å². The quantitative estimate of drug-likeness (QED) is 0.119. The Morgan fingerprint density at radius 3 is 1.55 bits per heavy atom. The molecule has 0 aliphatic heterocycles. The summed E-state index contributed by atoms with van der Waals surface area (Å²) in [5.74, 6) is 0.551. The third-order valence-electron chi connectivity index (χ3n) is 5.94. The summed E-state index contributed by atoms with van der Waals surface area (Å²) in [6.45, 7) is 7.80. The predicted octanol–water partition coefficient (Wildman–Crippen LogP) is 8.16. The van der Waals surface area contributed by atoms with Crippen LogP contribution in [0.3, 0.4) is 0 Å². The van der Waals surface area contributed by atoms with Gasteiger partial charge in [-0.05, 0) is 31.6 Å². The summed E-state index contributed by atoms with van der Waals surface area (Å²) < 4.78 is 10.6. The number of hydrogen-bond donors (Lipinski definition) is 0. The zero-order chi connectivity index (χ0) is 23.0. The van der Waals surface area contributed by atoms with E-state index < -0.39 is 0 Å². The van der Waals surface area contributed by atoms with Crippen molar-refractivity contribution in [1.29, 1.82) is 0 Å². The van der Waals surface area contributed by atoms with E-state index >= 15 is 0 Å². The van der Waals surface area contributed by atoms with E-state index in [2.05, 4.69) is 20.8 Å². The first-order chi connectivity index (χ1) is 15.1. The number of carbonyl (C=O) groups is 2. The number of ether oxygens (including phenoxy) is 2. The smallest absolute Gasteiger partial charge is 0.305 e. The van der Waals surface area contributed by atoms with Gasteiger partial charge in [0.1, 0.15) is 0 Å². The van der Waals surface area contributed by atoms with Gasteiger partial charge in [0.15, 0.2) is 0 Å². The van der Waals surface area contributed by atoms with Gasteiger partial charge in [0.05, 0.1) is 13.2 Å². The molecule has 0 amide bonds. The summed E-state index contributed by atoms with van der Waals surface area (Å²) in [7, 11) is 0. The van der Waals surface area contributed by atoms with Crippen LogP contribution in [0.15, 0.2) is 0 Å². The van der Waals surface area contributed by atoms with Crippen LogP contribution in [0.2, 0.25) is 0 Å². The van der Waals surface area contributed by atoms with Gasteiger partial charge in [0.2, 0.25) is 0 Å². The van der Waals surface area contributed by atoms with Crippen LogP contribution in [0, 0.1) is 5.92 Å². The van der Waals surface area contributed by atoms with Crippen molar-refractivity contribution in [1.82, 2.24) is 0 Å². The molecule has 0 aromatic carbocycles. The lowest BCUT2D eigenvalue weighted by atomic mass is 9.97. The Hall–Kier alpha value is -1.06. The Labute approximate surface area is 193 Å². The van der Waals surface area contributed by atoms with E-state index in [1.165, 1.54) is 64.2 Å². The Bertz CT molecular complexity index is 408. The molecule has 0 aromatic heterocycles. The van der Waals surface area contributed by atoms with Gasteiger partial charge in [-0.1, -0.05) is 104 Å². The molecular weight excluding hydrogens is 388 g/mol. The molecule has 0 saturated heterocycles. The molecule has 0 heterocycles. The minimum atomic E-state index is -0.0243. The molecule has 1 atom stereocenters.